The van der Waals surface area contributed by atoms with E-state index in [1.165, 1.54) is 0 Å². The Kier molecular flexibility index (Phi) is 10.1. The summed E-state index contributed by atoms with van der Waals surface area (Å²) >= 11 is 5.97. The molecule has 0 radical (unpaired) electrons. The van der Waals surface area contributed by atoms with Gasteiger partial charge < -0.3 is 14.6 Å². The molecule has 0 aromatic heterocycles. The number of benzene rings is 3. The van der Waals surface area contributed by atoms with Crippen molar-refractivity contribution in [2.75, 3.05) is 19.8 Å². The molecule has 1 amide bonds. The minimum absolute atomic E-state index is 0.0828. The molecular formula is C31H34ClN3O4. The van der Waals surface area contributed by atoms with E-state index in [-0.39, 0.29) is 12.5 Å². The largest absolute Gasteiger partial charge is 0.494 e. The lowest BCUT2D eigenvalue weighted by Crippen LogP contribution is -2.54. The fourth-order valence-electron chi connectivity index (χ4n) is 4.23. The molecule has 3 aromatic carbocycles. The van der Waals surface area contributed by atoms with E-state index < -0.39 is 11.6 Å². The molecule has 4 rings (SSSR count). The molecule has 0 saturated carbocycles. The molecule has 0 saturated heterocycles. The highest BCUT2D eigenvalue weighted by Gasteiger charge is 2.49. The number of halogens is 1. The van der Waals surface area contributed by atoms with Gasteiger partial charge in [0.15, 0.2) is 5.54 Å². The predicted octanol–water partition coefficient (Wildman–Crippen LogP) is 4.97. The number of hydrogen-bond acceptors (Lipinski definition) is 6. The smallest absolute Gasteiger partial charge is 0.266 e. The number of carbonyl (C=O) groups is 1. The minimum Gasteiger partial charge on any atom is -0.494 e. The first-order chi connectivity index (χ1) is 19.0. The molecule has 0 unspecified atom stereocenters. The summed E-state index contributed by atoms with van der Waals surface area (Å²) < 4.78 is 11.8. The molecular weight excluding hydrogens is 514 g/mol. The minimum atomic E-state index is -1.15. The van der Waals surface area contributed by atoms with Crippen LogP contribution in [0.1, 0.15) is 36.5 Å². The zero-order valence-corrected chi connectivity index (χ0v) is 22.7. The molecule has 39 heavy (non-hydrogen) atoms. The van der Waals surface area contributed by atoms with E-state index in [1.807, 2.05) is 97.9 Å². The van der Waals surface area contributed by atoms with E-state index in [0.717, 1.165) is 23.1 Å². The number of hydrazine groups is 1. The van der Waals surface area contributed by atoms with Gasteiger partial charge in [0, 0.05) is 36.6 Å². The molecule has 0 bridgehead atoms. The summed E-state index contributed by atoms with van der Waals surface area (Å²) in [6.45, 7) is 2.94. The molecule has 2 atom stereocenters. The summed E-state index contributed by atoms with van der Waals surface area (Å²) in [4.78, 5) is 18.5. The maximum absolute atomic E-state index is 13.6. The quantitative estimate of drug-likeness (QED) is 0.207. The van der Waals surface area contributed by atoms with Crippen molar-refractivity contribution in [3.63, 3.8) is 0 Å². The van der Waals surface area contributed by atoms with Gasteiger partial charge in [-0.2, -0.15) is 0 Å². The number of nitrogens with one attached hydrogen (secondary N) is 2. The van der Waals surface area contributed by atoms with Crippen LogP contribution in [-0.4, -0.2) is 48.3 Å². The van der Waals surface area contributed by atoms with Crippen molar-refractivity contribution in [2.24, 2.45) is 4.99 Å². The Labute approximate surface area is 234 Å². The zero-order chi connectivity index (χ0) is 27.5. The van der Waals surface area contributed by atoms with Crippen LogP contribution in [0.15, 0.2) is 89.9 Å². The van der Waals surface area contributed by atoms with E-state index in [4.69, 9.17) is 31.2 Å². The van der Waals surface area contributed by atoms with Crippen LogP contribution in [0, 0.1) is 0 Å². The molecule has 0 fully saturated rings. The maximum atomic E-state index is 13.6. The number of amides is 1. The molecule has 0 spiro atoms. The summed E-state index contributed by atoms with van der Waals surface area (Å²) in [6, 6.07) is 24.9. The molecule has 3 N–H and O–H groups in total. The van der Waals surface area contributed by atoms with Crippen LogP contribution in [0.5, 0.6) is 5.75 Å². The lowest BCUT2D eigenvalue weighted by molar-refractivity contribution is -0.129. The van der Waals surface area contributed by atoms with Crippen LogP contribution >= 0.6 is 11.6 Å². The topological polar surface area (TPSA) is 92.2 Å². The third kappa shape index (κ3) is 7.69. The third-order valence-electron chi connectivity index (χ3n) is 6.52. The lowest BCUT2D eigenvalue weighted by Gasteiger charge is -2.27. The number of hydrogen-bond donors (Lipinski definition) is 3. The number of aliphatic hydroxyl groups excluding tert-OH is 1. The molecule has 3 aromatic rings. The standard InChI is InChI=1S/C31H34ClN3O4/c1-23-31(19-5-9-24-7-3-2-4-8-24,30(37)35-33-20-18-25-10-14-27(32)15-11-25)34-29(39-23)26-12-16-28(17-13-26)38-22-6-21-36/h2-5,7-17,23,33,36H,6,18-22H2,1H3,(H,35,37)/b9-5+/t23-,31-/m0/s1. The highest BCUT2D eigenvalue weighted by molar-refractivity contribution is 6.30. The molecule has 0 aliphatic carbocycles. The lowest BCUT2D eigenvalue weighted by atomic mass is 9.89. The molecule has 1 heterocycles. The van der Waals surface area contributed by atoms with Gasteiger partial charge in [0.05, 0.1) is 6.61 Å². The first kappa shape index (κ1) is 28.4. The zero-order valence-electron chi connectivity index (χ0n) is 22.0. The van der Waals surface area contributed by atoms with E-state index >= 15 is 0 Å². The molecule has 8 heteroatoms. The monoisotopic (exact) mass is 547 g/mol. The molecule has 7 nitrogen and oxygen atoms in total. The van der Waals surface area contributed by atoms with Gasteiger partial charge in [0.1, 0.15) is 11.9 Å². The van der Waals surface area contributed by atoms with Gasteiger partial charge in [-0.05, 0) is 60.9 Å². The van der Waals surface area contributed by atoms with Crippen molar-refractivity contribution in [3.8, 4) is 5.75 Å². The fraction of sp³-hybridized carbons (Fsp3) is 0.290. The second-order valence-corrected chi connectivity index (χ2v) is 9.76. The van der Waals surface area contributed by atoms with Gasteiger partial charge in [-0.25, -0.2) is 10.4 Å². The summed E-state index contributed by atoms with van der Waals surface area (Å²) in [5, 5.41) is 9.64. The second-order valence-electron chi connectivity index (χ2n) is 9.33. The molecule has 1 aliphatic heterocycles. The number of ether oxygens (including phenoxy) is 2. The van der Waals surface area contributed by atoms with Gasteiger partial charge in [0.25, 0.3) is 5.91 Å². The van der Waals surface area contributed by atoms with Crippen molar-refractivity contribution in [1.29, 1.82) is 0 Å². The Morgan fingerprint density at radius 2 is 1.85 bits per heavy atom. The SMILES string of the molecule is C[C@@H]1OC(c2ccc(OCCCO)cc2)=N[C@]1(C/C=C/c1ccccc1)C(=O)NNCCc1ccc(Cl)cc1. The highest BCUT2D eigenvalue weighted by atomic mass is 35.5. The Morgan fingerprint density at radius 1 is 1.10 bits per heavy atom. The first-order valence-electron chi connectivity index (χ1n) is 13.1. The van der Waals surface area contributed by atoms with Crippen molar-refractivity contribution in [2.45, 2.75) is 37.8 Å². The van der Waals surface area contributed by atoms with Crippen LogP contribution in [0.25, 0.3) is 6.08 Å². The van der Waals surface area contributed by atoms with E-state index in [1.54, 1.807) is 0 Å². The Bertz CT molecular complexity index is 1260. The van der Waals surface area contributed by atoms with Crippen molar-refractivity contribution in [3.05, 3.63) is 107 Å². The Hall–Kier alpha value is -3.65. The van der Waals surface area contributed by atoms with Gasteiger partial charge in [-0.15, -0.1) is 0 Å². The van der Waals surface area contributed by atoms with E-state index in [9.17, 15) is 4.79 Å². The average molecular weight is 548 g/mol. The predicted molar refractivity (Wildman–Crippen MR) is 155 cm³/mol. The van der Waals surface area contributed by atoms with Crippen LogP contribution in [0.4, 0.5) is 0 Å². The molecule has 1 aliphatic rings. The number of aliphatic imine (C=N–C) groups is 1. The second kappa shape index (κ2) is 13.9. The maximum Gasteiger partial charge on any atom is 0.266 e. The number of nitrogens with zero attached hydrogens (tertiary/aromatic N) is 1. The van der Waals surface area contributed by atoms with E-state index in [0.29, 0.717) is 42.7 Å². The number of aliphatic hydroxyl groups is 1. The summed E-state index contributed by atoms with van der Waals surface area (Å²) in [6.07, 6.45) is 5.11. The van der Waals surface area contributed by atoms with Crippen LogP contribution < -0.4 is 15.6 Å². The van der Waals surface area contributed by atoms with Crippen LogP contribution in [0.2, 0.25) is 5.02 Å². The van der Waals surface area contributed by atoms with Gasteiger partial charge in [-0.3, -0.25) is 10.2 Å². The van der Waals surface area contributed by atoms with Gasteiger partial charge in [0.2, 0.25) is 5.90 Å². The first-order valence-corrected chi connectivity index (χ1v) is 13.5. The van der Waals surface area contributed by atoms with Crippen LogP contribution in [-0.2, 0) is 16.0 Å². The number of rotatable bonds is 13. The van der Waals surface area contributed by atoms with Crippen molar-refractivity contribution in [1.82, 2.24) is 10.9 Å². The van der Waals surface area contributed by atoms with Crippen molar-refractivity contribution < 1.29 is 19.4 Å². The Morgan fingerprint density at radius 3 is 2.56 bits per heavy atom. The normalized spacial score (nSPS) is 18.5. The third-order valence-corrected chi connectivity index (χ3v) is 6.77. The van der Waals surface area contributed by atoms with Gasteiger partial charge >= 0.3 is 0 Å². The summed E-state index contributed by atoms with van der Waals surface area (Å²) in [5.41, 5.74) is 7.68. The van der Waals surface area contributed by atoms with Crippen molar-refractivity contribution >= 4 is 29.5 Å². The van der Waals surface area contributed by atoms with E-state index in [2.05, 4.69) is 10.9 Å². The average Bonchev–Trinajstić information content (AvgIpc) is 3.30. The fourth-order valence-corrected chi connectivity index (χ4v) is 4.36. The molecule has 204 valence electrons. The highest BCUT2D eigenvalue weighted by Crippen LogP contribution is 2.33. The summed E-state index contributed by atoms with van der Waals surface area (Å²) in [5.74, 6) is 0.843. The summed E-state index contributed by atoms with van der Waals surface area (Å²) in [7, 11) is 0. The van der Waals surface area contributed by atoms with Gasteiger partial charge in [-0.1, -0.05) is 66.2 Å². The Balaban J connectivity index is 1.48. The van der Waals surface area contributed by atoms with Crippen LogP contribution in [0.3, 0.4) is 0 Å². The number of carbonyl (C=O) groups excluding carboxylic acids is 1.